The van der Waals surface area contributed by atoms with Crippen LogP contribution < -0.4 is 10.8 Å². The van der Waals surface area contributed by atoms with Crippen molar-refractivity contribution in [3.63, 3.8) is 0 Å². The van der Waals surface area contributed by atoms with Crippen LogP contribution in [-0.4, -0.2) is 25.1 Å². The second-order valence-corrected chi connectivity index (χ2v) is 4.48. The van der Waals surface area contributed by atoms with Crippen molar-refractivity contribution in [1.29, 1.82) is 0 Å². The monoisotopic (exact) mass is 254 g/mol. The van der Waals surface area contributed by atoms with Crippen LogP contribution in [0.3, 0.4) is 0 Å². The third-order valence-corrected chi connectivity index (χ3v) is 2.93. The molecule has 0 aliphatic carbocycles. The summed E-state index contributed by atoms with van der Waals surface area (Å²) in [6.07, 6.45) is 2.25. The van der Waals surface area contributed by atoms with Gasteiger partial charge in [-0.1, -0.05) is 17.7 Å². The lowest BCUT2D eigenvalue weighted by Gasteiger charge is -2.11. The van der Waals surface area contributed by atoms with Gasteiger partial charge in [0.2, 0.25) is 0 Å². The Morgan fingerprint density at radius 2 is 2.47 bits per heavy atom. The summed E-state index contributed by atoms with van der Waals surface area (Å²) in [7, 11) is 0. The molecule has 1 aliphatic heterocycles. The molecule has 4 nitrogen and oxygen atoms in total. The summed E-state index contributed by atoms with van der Waals surface area (Å²) in [4.78, 5) is 16.8. The number of hydrogen-bond donors (Lipinski definition) is 2. The van der Waals surface area contributed by atoms with E-state index in [2.05, 4.69) is 10.8 Å². The molecule has 2 N–H and O–H groups in total. The first-order chi connectivity index (χ1) is 8.25. The molecule has 1 aromatic rings. The minimum Gasteiger partial charge on any atom is -0.312 e. The van der Waals surface area contributed by atoms with Crippen LogP contribution >= 0.6 is 11.6 Å². The maximum absolute atomic E-state index is 11.7. The van der Waals surface area contributed by atoms with E-state index in [0.29, 0.717) is 23.2 Å². The Kier molecular flexibility index (Phi) is 4.36. The normalized spacial score (nSPS) is 19.2. The second kappa shape index (κ2) is 6.00. The van der Waals surface area contributed by atoms with Crippen molar-refractivity contribution >= 4 is 17.5 Å². The van der Waals surface area contributed by atoms with Crippen LogP contribution in [-0.2, 0) is 4.84 Å². The third-order valence-electron chi connectivity index (χ3n) is 2.70. The molecule has 0 aromatic heterocycles. The van der Waals surface area contributed by atoms with Crippen LogP contribution in [0.15, 0.2) is 24.3 Å². The van der Waals surface area contributed by atoms with E-state index in [0.717, 1.165) is 19.4 Å². The van der Waals surface area contributed by atoms with Gasteiger partial charge in [-0.05, 0) is 37.6 Å². The van der Waals surface area contributed by atoms with Crippen molar-refractivity contribution in [2.45, 2.75) is 18.9 Å². The SMILES string of the molecule is O=C(NOCC1CCCN1)c1cccc(Cl)c1. The van der Waals surface area contributed by atoms with Gasteiger partial charge in [-0.2, -0.15) is 0 Å². The van der Waals surface area contributed by atoms with Crippen LogP contribution in [0.4, 0.5) is 0 Å². The minimum absolute atomic E-state index is 0.273. The number of carbonyl (C=O) groups excluding carboxylic acids is 1. The molecule has 1 aliphatic rings. The Morgan fingerprint density at radius 3 is 3.18 bits per heavy atom. The Morgan fingerprint density at radius 1 is 1.59 bits per heavy atom. The largest absolute Gasteiger partial charge is 0.312 e. The molecule has 5 heteroatoms. The lowest BCUT2D eigenvalue weighted by molar-refractivity contribution is 0.0242. The van der Waals surface area contributed by atoms with Crippen molar-refractivity contribution in [2.75, 3.05) is 13.2 Å². The van der Waals surface area contributed by atoms with Crippen molar-refractivity contribution in [2.24, 2.45) is 0 Å². The molecule has 0 bridgehead atoms. The Balaban J connectivity index is 1.77. The average Bonchev–Trinajstić information content (AvgIpc) is 2.82. The van der Waals surface area contributed by atoms with Gasteiger partial charge >= 0.3 is 0 Å². The standard InChI is InChI=1S/C12H15ClN2O2/c13-10-4-1-3-9(7-10)12(16)15-17-8-11-5-2-6-14-11/h1,3-4,7,11,14H,2,5-6,8H2,(H,15,16). The zero-order chi connectivity index (χ0) is 12.1. The van der Waals surface area contributed by atoms with Crippen LogP contribution in [0.5, 0.6) is 0 Å². The van der Waals surface area contributed by atoms with E-state index in [1.165, 1.54) is 0 Å². The molecular formula is C12H15ClN2O2. The first-order valence-corrected chi connectivity index (χ1v) is 6.04. The highest BCUT2D eigenvalue weighted by Crippen LogP contribution is 2.10. The van der Waals surface area contributed by atoms with Crippen molar-refractivity contribution in [3.05, 3.63) is 34.9 Å². The summed E-state index contributed by atoms with van der Waals surface area (Å²) in [5.41, 5.74) is 2.91. The van der Waals surface area contributed by atoms with Gasteiger partial charge in [-0.25, -0.2) is 5.48 Å². The quantitative estimate of drug-likeness (QED) is 0.805. The van der Waals surface area contributed by atoms with E-state index in [1.807, 2.05) is 0 Å². The number of amides is 1. The van der Waals surface area contributed by atoms with Gasteiger partial charge in [0.05, 0.1) is 6.61 Å². The molecule has 0 spiro atoms. The van der Waals surface area contributed by atoms with E-state index in [4.69, 9.17) is 16.4 Å². The predicted molar refractivity (Wildman–Crippen MR) is 65.9 cm³/mol. The molecule has 1 saturated heterocycles. The molecule has 17 heavy (non-hydrogen) atoms. The Labute approximate surface area is 105 Å². The van der Waals surface area contributed by atoms with E-state index in [9.17, 15) is 4.79 Å². The summed E-state index contributed by atoms with van der Waals surface area (Å²) in [5.74, 6) is -0.273. The fraction of sp³-hybridized carbons (Fsp3) is 0.417. The molecule has 1 unspecified atom stereocenters. The molecule has 92 valence electrons. The molecule has 1 amide bonds. The van der Waals surface area contributed by atoms with Gasteiger partial charge in [0.25, 0.3) is 5.91 Å². The average molecular weight is 255 g/mol. The number of nitrogens with one attached hydrogen (secondary N) is 2. The van der Waals surface area contributed by atoms with Gasteiger partial charge in [-0.3, -0.25) is 9.63 Å². The summed E-state index contributed by atoms with van der Waals surface area (Å²) in [6.45, 7) is 1.52. The van der Waals surface area contributed by atoms with Crippen LogP contribution in [0.1, 0.15) is 23.2 Å². The Bertz CT molecular complexity index is 392. The fourth-order valence-corrected chi connectivity index (χ4v) is 1.99. The maximum Gasteiger partial charge on any atom is 0.274 e. The summed E-state index contributed by atoms with van der Waals surface area (Å²) >= 11 is 5.80. The lowest BCUT2D eigenvalue weighted by atomic mass is 10.2. The zero-order valence-corrected chi connectivity index (χ0v) is 10.2. The van der Waals surface area contributed by atoms with Gasteiger partial charge in [0.1, 0.15) is 0 Å². The van der Waals surface area contributed by atoms with Gasteiger partial charge in [-0.15, -0.1) is 0 Å². The predicted octanol–water partition coefficient (Wildman–Crippen LogP) is 1.75. The van der Waals surface area contributed by atoms with E-state index < -0.39 is 0 Å². The Hall–Kier alpha value is -1.10. The summed E-state index contributed by atoms with van der Waals surface area (Å²) in [5, 5.41) is 3.82. The number of benzene rings is 1. The van der Waals surface area contributed by atoms with Crippen molar-refractivity contribution in [1.82, 2.24) is 10.8 Å². The van der Waals surface area contributed by atoms with Gasteiger partial charge in [0, 0.05) is 16.6 Å². The topological polar surface area (TPSA) is 50.4 Å². The fourth-order valence-electron chi connectivity index (χ4n) is 1.80. The molecule has 1 fully saturated rings. The van der Waals surface area contributed by atoms with Crippen LogP contribution in [0, 0.1) is 0 Å². The number of carbonyl (C=O) groups is 1. The number of hydrogen-bond acceptors (Lipinski definition) is 3. The highest BCUT2D eigenvalue weighted by molar-refractivity contribution is 6.30. The number of halogens is 1. The highest BCUT2D eigenvalue weighted by atomic mass is 35.5. The summed E-state index contributed by atoms with van der Waals surface area (Å²) < 4.78 is 0. The number of rotatable bonds is 4. The first-order valence-electron chi connectivity index (χ1n) is 5.67. The van der Waals surface area contributed by atoms with Crippen LogP contribution in [0.25, 0.3) is 0 Å². The molecule has 1 atom stereocenters. The molecular weight excluding hydrogens is 240 g/mol. The maximum atomic E-state index is 11.7. The number of hydroxylamine groups is 1. The van der Waals surface area contributed by atoms with E-state index in [-0.39, 0.29) is 5.91 Å². The van der Waals surface area contributed by atoms with Crippen LogP contribution in [0.2, 0.25) is 5.02 Å². The highest BCUT2D eigenvalue weighted by Gasteiger charge is 2.14. The molecule has 0 radical (unpaired) electrons. The van der Waals surface area contributed by atoms with Gasteiger partial charge in [0.15, 0.2) is 0 Å². The van der Waals surface area contributed by atoms with Crippen molar-refractivity contribution in [3.8, 4) is 0 Å². The first kappa shape index (κ1) is 12.4. The third kappa shape index (κ3) is 3.70. The summed E-state index contributed by atoms with van der Waals surface area (Å²) in [6, 6.07) is 7.10. The van der Waals surface area contributed by atoms with Crippen molar-refractivity contribution < 1.29 is 9.63 Å². The molecule has 1 heterocycles. The molecule has 0 saturated carbocycles. The molecule has 1 aromatic carbocycles. The van der Waals surface area contributed by atoms with Gasteiger partial charge < -0.3 is 5.32 Å². The van der Waals surface area contributed by atoms with E-state index in [1.54, 1.807) is 24.3 Å². The zero-order valence-electron chi connectivity index (χ0n) is 9.41. The molecule has 2 rings (SSSR count). The minimum atomic E-state index is -0.273. The second-order valence-electron chi connectivity index (χ2n) is 4.05. The lowest BCUT2D eigenvalue weighted by Crippen LogP contribution is -2.32. The van der Waals surface area contributed by atoms with E-state index >= 15 is 0 Å². The smallest absolute Gasteiger partial charge is 0.274 e.